The van der Waals surface area contributed by atoms with Crippen molar-refractivity contribution in [3.8, 4) is 5.75 Å². The van der Waals surface area contributed by atoms with Crippen LogP contribution >= 0.6 is 12.4 Å². The van der Waals surface area contributed by atoms with E-state index in [1.54, 1.807) is 18.2 Å². The fraction of sp³-hybridized carbons (Fsp3) is 0.259. The molecular weight excluding hydrogens is 438 g/mol. The Morgan fingerprint density at radius 1 is 0.848 bits per heavy atom. The first-order valence-corrected chi connectivity index (χ1v) is 10.9. The van der Waals surface area contributed by atoms with Gasteiger partial charge in [0.05, 0.1) is 18.7 Å². The minimum absolute atomic E-state index is 0. The maximum absolute atomic E-state index is 12.6. The average molecular weight is 466 g/mol. The molecule has 0 atom stereocenters. The Balaban J connectivity index is 0.00000306. The highest BCUT2D eigenvalue weighted by atomic mass is 35.5. The van der Waals surface area contributed by atoms with Crippen molar-refractivity contribution in [3.63, 3.8) is 0 Å². The number of ether oxygens (including phenoxy) is 2. The zero-order chi connectivity index (χ0) is 22.2. The fourth-order valence-corrected chi connectivity index (χ4v) is 3.73. The number of hydrogen-bond acceptors (Lipinski definition) is 5. The van der Waals surface area contributed by atoms with Crippen LogP contribution in [0.15, 0.2) is 84.9 Å². The van der Waals surface area contributed by atoms with Crippen molar-refractivity contribution in [2.75, 3.05) is 13.2 Å². The molecule has 0 saturated heterocycles. The monoisotopic (exact) mass is 465 g/mol. The molecule has 0 heterocycles. The van der Waals surface area contributed by atoms with Crippen LogP contribution in [0.5, 0.6) is 5.75 Å². The van der Waals surface area contributed by atoms with Gasteiger partial charge in [-0.05, 0) is 48.6 Å². The number of carbonyl (C=O) groups excluding carboxylic acids is 2. The van der Waals surface area contributed by atoms with Crippen LogP contribution in [-0.4, -0.2) is 30.9 Å². The number of esters is 1. The summed E-state index contributed by atoms with van der Waals surface area (Å²) in [5.74, 6) is 0.772. The van der Waals surface area contributed by atoms with Gasteiger partial charge in [0.1, 0.15) is 12.4 Å². The summed E-state index contributed by atoms with van der Waals surface area (Å²) in [4.78, 5) is 24.6. The Kier molecular flexibility index (Phi) is 9.04. The molecule has 172 valence electrons. The molecule has 0 spiro atoms. The molecule has 5 nitrogen and oxygen atoms in total. The molecule has 1 fully saturated rings. The van der Waals surface area contributed by atoms with Crippen molar-refractivity contribution in [2.24, 2.45) is 5.92 Å². The van der Waals surface area contributed by atoms with Gasteiger partial charge < -0.3 is 14.8 Å². The lowest BCUT2D eigenvalue weighted by Crippen LogP contribution is -2.44. The van der Waals surface area contributed by atoms with E-state index in [0.717, 1.165) is 18.4 Å². The van der Waals surface area contributed by atoms with Gasteiger partial charge in [-0.15, -0.1) is 12.4 Å². The van der Waals surface area contributed by atoms with Gasteiger partial charge >= 0.3 is 5.97 Å². The highest BCUT2D eigenvalue weighted by Gasteiger charge is 2.30. The standard InChI is InChI=1S/C27H27NO4.ClH/c29-26(23-12-7-13-25(16-23)31-18-20-8-3-1-4-9-20)17-28-24-14-21(15-24)19-32-27(30)22-10-5-2-6-11-22;/h1-13,16,21,24,28H,14-15,17-19H2;1H. The largest absolute Gasteiger partial charge is 0.489 e. The number of hydrogen-bond donors (Lipinski definition) is 1. The molecule has 1 aliphatic carbocycles. The SMILES string of the molecule is Cl.O=C(CNC1CC(COC(=O)c2ccccc2)C1)c1cccc(OCc2ccccc2)c1. The van der Waals surface area contributed by atoms with Crippen molar-refractivity contribution in [1.82, 2.24) is 5.32 Å². The lowest BCUT2D eigenvalue weighted by Gasteiger charge is -2.35. The predicted molar refractivity (Wildman–Crippen MR) is 130 cm³/mol. The summed E-state index contributed by atoms with van der Waals surface area (Å²) in [5, 5.41) is 3.31. The van der Waals surface area contributed by atoms with E-state index in [4.69, 9.17) is 9.47 Å². The van der Waals surface area contributed by atoms with E-state index in [0.29, 0.717) is 36.0 Å². The van der Waals surface area contributed by atoms with Crippen molar-refractivity contribution in [2.45, 2.75) is 25.5 Å². The lowest BCUT2D eigenvalue weighted by molar-refractivity contribution is 0.0328. The quantitative estimate of drug-likeness (QED) is 0.333. The van der Waals surface area contributed by atoms with Gasteiger partial charge in [0.25, 0.3) is 0 Å². The third kappa shape index (κ3) is 7.17. The number of ketones is 1. The fourth-order valence-electron chi connectivity index (χ4n) is 3.73. The number of halogens is 1. The average Bonchev–Trinajstić information content (AvgIpc) is 2.82. The molecule has 0 aromatic heterocycles. The Hall–Kier alpha value is -3.15. The van der Waals surface area contributed by atoms with Crippen LogP contribution in [0.4, 0.5) is 0 Å². The highest BCUT2D eigenvalue weighted by molar-refractivity contribution is 5.98. The van der Waals surface area contributed by atoms with E-state index in [1.807, 2.05) is 66.7 Å². The molecule has 0 aliphatic heterocycles. The second kappa shape index (κ2) is 12.2. The molecule has 0 radical (unpaired) electrons. The molecule has 6 heteroatoms. The number of carbonyl (C=O) groups is 2. The number of rotatable bonds is 10. The molecule has 1 N–H and O–H groups in total. The third-order valence-electron chi connectivity index (χ3n) is 5.65. The van der Waals surface area contributed by atoms with Crippen molar-refractivity contribution < 1.29 is 19.1 Å². The number of benzene rings is 3. The van der Waals surface area contributed by atoms with Crippen molar-refractivity contribution >= 4 is 24.2 Å². The van der Waals surface area contributed by atoms with E-state index < -0.39 is 0 Å². The summed E-state index contributed by atoms with van der Waals surface area (Å²) in [6.07, 6.45) is 1.80. The minimum atomic E-state index is -0.286. The molecule has 0 bridgehead atoms. The second-order valence-corrected chi connectivity index (χ2v) is 8.11. The van der Waals surface area contributed by atoms with Gasteiger partial charge in [-0.1, -0.05) is 60.7 Å². The van der Waals surface area contributed by atoms with Crippen LogP contribution < -0.4 is 10.1 Å². The molecule has 4 rings (SSSR count). The molecule has 3 aromatic carbocycles. The molecule has 0 unspecified atom stereocenters. The summed E-state index contributed by atoms with van der Waals surface area (Å²) in [7, 11) is 0. The summed E-state index contributed by atoms with van der Waals surface area (Å²) in [6, 6.07) is 26.5. The van der Waals surface area contributed by atoms with Gasteiger partial charge in [-0.2, -0.15) is 0 Å². The van der Waals surface area contributed by atoms with Crippen LogP contribution in [0.25, 0.3) is 0 Å². The van der Waals surface area contributed by atoms with E-state index >= 15 is 0 Å². The highest BCUT2D eigenvalue weighted by Crippen LogP contribution is 2.28. The topological polar surface area (TPSA) is 64.6 Å². The number of Topliss-reactive ketones (excluding diaryl/α,β-unsaturated/α-hetero) is 1. The van der Waals surface area contributed by atoms with Crippen LogP contribution in [0.3, 0.4) is 0 Å². The normalized spacial score (nSPS) is 16.7. The molecular formula is C27H28ClNO4. The van der Waals surface area contributed by atoms with Gasteiger partial charge in [-0.3, -0.25) is 4.79 Å². The maximum Gasteiger partial charge on any atom is 0.338 e. The van der Waals surface area contributed by atoms with E-state index in [9.17, 15) is 9.59 Å². The van der Waals surface area contributed by atoms with Crippen molar-refractivity contribution in [3.05, 3.63) is 102 Å². The Morgan fingerprint density at radius 3 is 2.24 bits per heavy atom. The van der Waals surface area contributed by atoms with Crippen LogP contribution in [0.1, 0.15) is 39.1 Å². The van der Waals surface area contributed by atoms with Gasteiger partial charge in [-0.25, -0.2) is 4.79 Å². The molecule has 0 amide bonds. The van der Waals surface area contributed by atoms with Crippen molar-refractivity contribution in [1.29, 1.82) is 0 Å². The predicted octanol–water partition coefficient (Wildman–Crippen LogP) is 5.10. The second-order valence-electron chi connectivity index (χ2n) is 8.11. The van der Waals surface area contributed by atoms with Crippen LogP contribution in [0, 0.1) is 5.92 Å². The van der Waals surface area contributed by atoms with E-state index in [-0.39, 0.29) is 36.7 Å². The summed E-state index contributed by atoms with van der Waals surface area (Å²) < 4.78 is 11.2. The zero-order valence-corrected chi connectivity index (χ0v) is 19.1. The van der Waals surface area contributed by atoms with Crippen LogP contribution in [-0.2, 0) is 11.3 Å². The van der Waals surface area contributed by atoms with Gasteiger partial charge in [0.2, 0.25) is 0 Å². The molecule has 1 aliphatic rings. The maximum atomic E-state index is 12.6. The molecule has 1 saturated carbocycles. The summed E-state index contributed by atoms with van der Waals surface area (Å²) in [5.41, 5.74) is 2.29. The summed E-state index contributed by atoms with van der Waals surface area (Å²) >= 11 is 0. The van der Waals surface area contributed by atoms with Gasteiger partial charge in [0, 0.05) is 11.6 Å². The Labute approximate surface area is 200 Å². The summed E-state index contributed by atoms with van der Waals surface area (Å²) in [6.45, 7) is 1.17. The van der Waals surface area contributed by atoms with Gasteiger partial charge in [0.15, 0.2) is 5.78 Å². The smallest absolute Gasteiger partial charge is 0.338 e. The third-order valence-corrected chi connectivity index (χ3v) is 5.65. The molecule has 3 aromatic rings. The minimum Gasteiger partial charge on any atom is -0.489 e. The molecule has 33 heavy (non-hydrogen) atoms. The first kappa shape index (κ1) is 24.5. The Morgan fingerprint density at radius 2 is 1.52 bits per heavy atom. The number of nitrogens with one attached hydrogen (secondary N) is 1. The zero-order valence-electron chi connectivity index (χ0n) is 18.3. The first-order chi connectivity index (χ1) is 15.7. The first-order valence-electron chi connectivity index (χ1n) is 10.9. The van der Waals surface area contributed by atoms with E-state index in [2.05, 4.69) is 5.32 Å². The van der Waals surface area contributed by atoms with E-state index in [1.165, 1.54) is 0 Å². The van der Waals surface area contributed by atoms with Crippen LogP contribution in [0.2, 0.25) is 0 Å². The Bertz CT molecular complexity index is 1040. The lowest BCUT2D eigenvalue weighted by atomic mass is 9.81.